The lowest BCUT2D eigenvalue weighted by Gasteiger charge is -2.31. The zero-order valence-corrected chi connectivity index (χ0v) is 14.1. The Balaban J connectivity index is 0.00000200. The van der Waals surface area contributed by atoms with Crippen LogP contribution in [0.2, 0.25) is 10.0 Å². The second kappa shape index (κ2) is 7.29. The number of nitrogens with one attached hydrogen (secondary N) is 1. The van der Waals surface area contributed by atoms with Crippen LogP contribution < -0.4 is 5.32 Å². The third kappa shape index (κ3) is 3.78. The van der Waals surface area contributed by atoms with E-state index in [0.717, 1.165) is 19.4 Å². The summed E-state index contributed by atoms with van der Waals surface area (Å²) < 4.78 is 26.5. The van der Waals surface area contributed by atoms with Gasteiger partial charge in [-0.25, -0.2) is 8.42 Å². The van der Waals surface area contributed by atoms with Gasteiger partial charge in [0.2, 0.25) is 10.0 Å². The van der Waals surface area contributed by atoms with E-state index in [1.165, 1.54) is 22.5 Å². The minimum Gasteiger partial charge on any atom is -0.315 e. The van der Waals surface area contributed by atoms with Crippen molar-refractivity contribution in [2.24, 2.45) is 0 Å². The summed E-state index contributed by atoms with van der Waals surface area (Å²) in [6.45, 7) is 1.60. The van der Waals surface area contributed by atoms with Crippen LogP contribution in [-0.4, -0.2) is 38.9 Å². The van der Waals surface area contributed by atoms with E-state index in [0.29, 0.717) is 11.6 Å². The van der Waals surface area contributed by atoms with E-state index in [-0.39, 0.29) is 28.4 Å². The Kier molecular flexibility index (Phi) is 6.57. The molecule has 114 valence electrons. The van der Waals surface area contributed by atoms with Gasteiger partial charge in [-0.05, 0) is 37.6 Å². The zero-order chi connectivity index (χ0) is 14.0. The molecule has 1 aliphatic heterocycles. The van der Waals surface area contributed by atoms with E-state index in [1.807, 2.05) is 0 Å². The topological polar surface area (TPSA) is 49.4 Å². The summed E-state index contributed by atoms with van der Waals surface area (Å²) in [6, 6.07) is 4.40. The smallest absolute Gasteiger partial charge is 0.244 e. The number of hydrogen-bond donors (Lipinski definition) is 1. The first-order valence-electron chi connectivity index (χ1n) is 6.07. The van der Waals surface area contributed by atoms with E-state index in [1.54, 1.807) is 7.05 Å². The number of sulfonamides is 1. The number of benzene rings is 1. The van der Waals surface area contributed by atoms with Crippen LogP contribution in [0, 0.1) is 0 Å². The lowest BCUT2D eigenvalue weighted by molar-refractivity contribution is 0.300. The molecule has 8 heteroatoms. The fraction of sp³-hybridized carbons (Fsp3) is 0.500. The van der Waals surface area contributed by atoms with E-state index in [2.05, 4.69) is 5.32 Å². The summed E-state index contributed by atoms with van der Waals surface area (Å²) in [5, 5.41) is 3.78. The van der Waals surface area contributed by atoms with Crippen LogP contribution in [0.1, 0.15) is 12.8 Å². The van der Waals surface area contributed by atoms with E-state index < -0.39 is 10.0 Å². The van der Waals surface area contributed by atoms with Gasteiger partial charge in [-0.2, -0.15) is 4.31 Å². The molecule has 1 fully saturated rings. The molecule has 1 saturated heterocycles. The van der Waals surface area contributed by atoms with Gasteiger partial charge in [0, 0.05) is 24.7 Å². The number of rotatable bonds is 3. The second-order valence-corrected chi connectivity index (χ2v) is 7.41. The molecule has 0 spiro atoms. The average molecular weight is 360 g/mol. The highest BCUT2D eigenvalue weighted by Crippen LogP contribution is 2.28. The monoisotopic (exact) mass is 358 g/mol. The fourth-order valence-electron chi connectivity index (χ4n) is 2.18. The van der Waals surface area contributed by atoms with Crippen molar-refractivity contribution < 1.29 is 8.42 Å². The normalized spacial score (nSPS) is 19.7. The average Bonchev–Trinajstić information content (AvgIpc) is 2.38. The van der Waals surface area contributed by atoms with Crippen molar-refractivity contribution in [1.82, 2.24) is 9.62 Å². The molecule has 0 amide bonds. The van der Waals surface area contributed by atoms with Crippen LogP contribution in [0.4, 0.5) is 0 Å². The number of hydrogen-bond acceptors (Lipinski definition) is 3. The molecule has 0 saturated carbocycles. The largest absolute Gasteiger partial charge is 0.315 e. The number of halogens is 3. The summed E-state index contributed by atoms with van der Waals surface area (Å²) in [5.41, 5.74) is 0. The predicted molar refractivity (Wildman–Crippen MR) is 84.6 cm³/mol. The lowest BCUT2D eigenvalue weighted by Crippen LogP contribution is -2.46. The Morgan fingerprint density at radius 2 is 2.05 bits per heavy atom. The molecule has 1 N–H and O–H groups in total. The second-order valence-electron chi connectivity index (χ2n) is 4.60. The van der Waals surface area contributed by atoms with Gasteiger partial charge in [-0.1, -0.05) is 23.2 Å². The van der Waals surface area contributed by atoms with Crippen molar-refractivity contribution in [2.75, 3.05) is 20.1 Å². The highest BCUT2D eigenvalue weighted by atomic mass is 35.5. The quantitative estimate of drug-likeness (QED) is 0.903. The molecule has 2 rings (SSSR count). The summed E-state index contributed by atoms with van der Waals surface area (Å²) in [7, 11) is -1.99. The molecule has 20 heavy (non-hydrogen) atoms. The van der Waals surface area contributed by atoms with E-state index in [4.69, 9.17) is 23.2 Å². The molecular formula is C12H17Cl3N2O2S. The van der Waals surface area contributed by atoms with Gasteiger partial charge in [-0.15, -0.1) is 12.4 Å². The van der Waals surface area contributed by atoms with E-state index in [9.17, 15) is 8.42 Å². The molecule has 1 aliphatic rings. The highest BCUT2D eigenvalue weighted by molar-refractivity contribution is 7.89. The maximum absolute atomic E-state index is 12.5. The molecule has 1 unspecified atom stereocenters. The van der Waals surface area contributed by atoms with Gasteiger partial charge in [0.05, 0.1) is 5.02 Å². The molecule has 1 heterocycles. The van der Waals surface area contributed by atoms with Crippen LogP contribution in [0.15, 0.2) is 23.1 Å². The summed E-state index contributed by atoms with van der Waals surface area (Å²) in [4.78, 5) is 0.103. The summed E-state index contributed by atoms with van der Waals surface area (Å²) in [5.74, 6) is 0. The number of nitrogens with zero attached hydrogens (tertiary/aromatic N) is 1. The SMILES string of the molecule is CN(C1CCCNC1)S(=O)(=O)c1ccc(Cl)cc1Cl.Cl. The van der Waals surface area contributed by atoms with Crippen LogP contribution in [-0.2, 0) is 10.0 Å². The van der Waals surface area contributed by atoms with Crippen molar-refractivity contribution in [2.45, 2.75) is 23.8 Å². The molecule has 0 bridgehead atoms. The van der Waals surface area contributed by atoms with Crippen molar-refractivity contribution in [1.29, 1.82) is 0 Å². The fourth-order valence-corrected chi connectivity index (χ4v) is 4.31. The van der Waals surface area contributed by atoms with Crippen LogP contribution in [0.5, 0.6) is 0 Å². The maximum atomic E-state index is 12.5. The molecule has 1 atom stereocenters. The minimum absolute atomic E-state index is 0. The molecule has 0 radical (unpaired) electrons. The van der Waals surface area contributed by atoms with Crippen molar-refractivity contribution in [3.8, 4) is 0 Å². The molecule has 1 aromatic carbocycles. The van der Waals surface area contributed by atoms with Crippen LogP contribution >= 0.6 is 35.6 Å². The Morgan fingerprint density at radius 1 is 1.35 bits per heavy atom. The molecule has 0 aliphatic carbocycles. The Morgan fingerprint density at radius 3 is 2.60 bits per heavy atom. The first-order valence-corrected chi connectivity index (χ1v) is 8.26. The minimum atomic E-state index is -3.58. The summed E-state index contributed by atoms with van der Waals surface area (Å²) >= 11 is 11.8. The maximum Gasteiger partial charge on any atom is 0.244 e. The van der Waals surface area contributed by atoms with Gasteiger partial charge >= 0.3 is 0 Å². The highest BCUT2D eigenvalue weighted by Gasteiger charge is 2.30. The van der Waals surface area contributed by atoms with Gasteiger partial charge in [0.25, 0.3) is 0 Å². The van der Waals surface area contributed by atoms with Crippen molar-refractivity contribution >= 4 is 45.6 Å². The third-order valence-corrected chi connectivity index (χ3v) is 5.96. The Labute approximate surface area is 135 Å². The van der Waals surface area contributed by atoms with Crippen LogP contribution in [0.3, 0.4) is 0 Å². The zero-order valence-electron chi connectivity index (χ0n) is 11.0. The molecule has 0 aromatic heterocycles. The first-order chi connectivity index (χ1) is 8.93. The predicted octanol–water partition coefficient (Wildman–Crippen LogP) is 2.79. The number of piperidine rings is 1. The first kappa shape index (κ1) is 18.0. The Bertz CT molecular complexity index is 560. The molecule has 1 aromatic rings. The van der Waals surface area contributed by atoms with Crippen molar-refractivity contribution in [3.63, 3.8) is 0 Å². The standard InChI is InChI=1S/C12H16Cl2N2O2S.ClH/c1-16(10-3-2-6-15-8-10)19(17,18)12-5-4-9(13)7-11(12)14;/h4-5,7,10,15H,2-3,6,8H2,1H3;1H. The van der Waals surface area contributed by atoms with Gasteiger partial charge in [0.1, 0.15) is 4.90 Å². The van der Waals surface area contributed by atoms with Gasteiger partial charge in [-0.3, -0.25) is 0 Å². The molecule has 4 nitrogen and oxygen atoms in total. The summed E-state index contributed by atoms with van der Waals surface area (Å²) in [6.07, 6.45) is 1.83. The van der Waals surface area contributed by atoms with Crippen LogP contribution in [0.25, 0.3) is 0 Å². The lowest BCUT2D eigenvalue weighted by atomic mass is 10.1. The van der Waals surface area contributed by atoms with Gasteiger partial charge < -0.3 is 5.32 Å². The number of likely N-dealkylation sites (N-methyl/N-ethyl adjacent to an activating group) is 1. The molecular weight excluding hydrogens is 343 g/mol. The van der Waals surface area contributed by atoms with Gasteiger partial charge in [0.15, 0.2) is 0 Å². The van der Waals surface area contributed by atoms with E-state index >= 15 is 0 Å². The van der Waals surface area contributed by atoms with Crippen molar-refractivity contribution in [3.05, 3.63) is 28.2 Å². The Hall–Kier alpha value is -0.0400. The third-order valence-electron chi connectivity index (χ3n) is 3.34.